The zero-order chi connectivity index (χ0) is 11.5. The lowest BCUT2D eigenvalue weighted by atomic mass is 10.1. The molecule has 1 heterocycles. The molecule has 0 spiro atoms. The molecule has 0 atom stereocenters. The number of benzene rings is 1. The molecular weight excluding hydrogens is 200 g/mol. The van der Waals surface area contributed by atoms with Crippen molar-refractivity contribution in [2.45, 2.75) is 26.7 Å². The van der Waals surface area contributed by atoms with Gasteiger partial charge in [-0.3, -0.25) is 4.79 Å². The number of amides is 1. The summed E-state index contributed by atoms with van der Waals surface area (Å²) >= 11 is 0. The molecule has 0 aromatic heterocycles. The number of nitrogens with one attached hydrogen (secondary N) is 1. The molecule has 1 saturated heterocycles. The quantitative estimate of drug-likeness (QED) is 0.827. The summed E-state index contributed by atoms with van der Waals surface area (Å²) in [6.07, 6.45) is 2.57. The van der Waals surface area contributed by atoms with Crippen LogP contribution in [0.25, 0.3) is 0 Å². The fourth-order valence-electron chi connectivity index (χ4n) is 2.15. The Morgan fingerprint density at radius 1 is 1.31 bits per heavy atom. The number of carbonyl (C=O) groups is 1. The molecule has 2 rings (SSSR count). The number of hydrogen-bond donors (Lipinski definition) is 1. The van der Waals surface area contributed by atoms with Gasteiger partial charge in [0.15, 0.2) is 0 Å². The van der Waals surface area contributed by atoms with Gasteiger partial charge in [-0.05, 0) is 43.5 Å². The summed E-state index contributed by atoms with van der Waals surface area (Å²) in [5.41, 5.74) is 3.30. The average molecular weight is 218 g/mol. The topological polar surface area (TPSA) is 32.3 Å². The summed E-state index contributed by atoms with van der Waals surface area (Å²) in [4.78, 5) is 13.4. The van der Waals surface area contributed by atoms with Crippen molar-refractivity contribution in [3.05, 3.63) is 23.8 Å². The fourth-order valence-corrected chi connectivity index (χ4v) is 2.15. The van der Waals surface area contributed by atoms with Crippen LogP contribution in [0.15, 0.2) is 18.2 Å². The van der Waals surface area contributed by atoms with Gasteiger partial charge in [0.2, 0.25) is 5.91 Å². The van der Waals surface area contributed by atoms with Crippen LogP contribution in [0.5, 0.6) is 0 Å². The van der Waals surface area contributed by atoms with Crippen LogP contribution >= 0.6 is 0 Å². The standard InChI is InChI=1S/C13H18N2O/c1-10-9-12(15-7-3-4-8-15)5-6-13(10)14-11(2)16/h5-6,9H,3-4,7-8H2,1-2H3,(H,14,16). The van der Waals surface area contributed by atoms with Crippen LogP contribution in [-0.4, -0.2) is 19.0 Å². The molecule has 1 aromatic rings. The maximum Gasteiger partial charge on any atom is 0.221 e. The molecule has 3 heteroatoms. The molecule has 3 nitrogen and oxygen atoms in total. The van der Waals surface area contributed by atoms with Crippen molar-refractivity contribution in [3.63, 3.8) is 0 Å². The van der Waals surface area contributed by atoms with Crippen LogP contribution in [0.4, 0.5) is 11.4 Å². The van der Waals surface area contributed by atoms with E-state index in [0.717, 1.165) is 24.3 Å². The Morgan fingerprint density at radius 3 is 2.56 bits per heavy atom. The largest absolute Gasteiger partial charge is 0.372 e. The van der Waals surface area contributed by atoms with Crippen LogP contribution in [0.2, 0.25) is 0 Å². The minimum atomic E-state index is -0.0166. The summed E-state index contributed by atoms with van der Waals surface area (Å²) < 4.78 is 0. The van der Waals surface area contributed by atoms with Crippen molar-refractivity contribution in [2.75, 3.05) is 23.3 Å². The second-order valence-corrected chi connectivity index (χ2v) is 4.37. The summed E-state index contributed by atoms with van der Waals surface area (Å²) in [6.45, 7) is 5.87. The minimum Gasteiger partial charge on any atom is -0.372 e. The Labute approximate surface area is 96.5 Å². The lowest BCUT2D eigenvalue weighted by Crippen LogP contribution is -2.17. The molecule has 1 aliphatic rings. The van der Waals surface area contributed by atoms with Gasteiger partial charge in [-0.1, -0.05) is 0 Å². The van der Waals surface area contributed by atoms with Gasteiger partial charge in [-0.2, -0.15) is 0 Å². The van der Waals surface area contributed by atoms with Crippen molar-refractivity contribution in [3.8, 4) is 0 Å². The van der Waals surface area contributed by atoms with Crippen molar-refractivity contribution in [2.24, 2.45) is 0 Å². The first-order valence-corrected chi connectivity index (χ1v) is 5.80. The molecule has 0 unspecified atom stereocenters. The molecule has 0 bridgehead atoms. The Hall–Kier alpha value is -1.51. The van der Waals surface area contributed by atoms with Crippen LogP contribution in [0.3, 0.4) is 0 Å². The van der Waals surface area contributed by atoms with Crippen LogP contribution in [0, 0.1) is 6.92 Å². The highest BCUT2D eigenvalue weighted by Gasteiger charge is 2.12. The molecule has 0 radical (unpaired) electrons. The van der Waals surface area contributed by atoms with E-state index in [4.69, 9.17) is 0 Å². The first-order chi connectivity index (χ1) is 7.66. The molecule has 1 fully saturated rings. The van der Waals surface area contributed by atoms with Gasteiger partial charge < -0.3 is 10.2 Å². The first-order valence-electron chi connectivity index (χ1n) is 5.80. The second kappa shape index (κ2) is 4.56. The monoisotopic (exact) mass is 218 g/mol. The number of rotatable bonds is 2. The summed E-state index contributed by atoms with van der Waals surface area (Å²) in [7, 11) is 0. The molecule has 1 aliphatic heterocycles. The third-order valence-corrected chi connectivity index (χ3v) is 2.99. The Morgan fingerprint density at radius 2 is 2.00 bits per heavy atom. The number of nitrogens with zero attached hydrogens (tertiary/aromatic N) is 1. The van der Waals surface area contributed by atoms with Gasteiger partial charge in [0.05, 0.1) is 0 Å². The van der Waals surface area contributed by atoms with Crippen LogP contribution < -0.4 is 10.2 Å². The van der Waals surface area contributed by atoms with E-state index >= 15 is 0 Å². The van der Waals surface area contributed by atoms with E-state index in [1.54, 1.807) is 0 Å². The highest BCUT2D eigenvalue weighted by molar-refractivity contribution is 5.89. The average Bonchev–Trinajstić information content (AvgIpc) is 2.73. The number of carbonyl (C=O) groups excluding carboxylic acids is 1. The van der Waals surface area contributed by atoms with Gasteiger partial charge >= 0.3 is 0 Å². The third kappa shape index (κ3) is 2.35. The predicted molar refractivity (Wildman–Crippen MR) is 66.9 cm³/mol. The fraction of sp³-hybridized carbons (Fsp3) is 0.462. The molecule has 86 valence electrons. The number of hydrogen-bond acceptors (Lipinski definition) is 2. The smallest absolute Gasteiger partial charge is 0.221 e. The molecule has 1 amide bonds. The lowest BCUT2D eigenvalue weighted by molar-refractivity contribution is -0.114. The second-order valence-electron chi connectivity index (χ2n) is 4.37. The van der Waals surface area contributed by atoms with Gasteiger partial charge in [0, 0.05) is 31.4 Å². The summed E-state index contributed by atoms with van der Waals surface area (Å²) in [5.74, 6) is -0.0166. The predicted octanol–water partition coefficient (Wildman–Crippen LogP) is 2.55. The van der Waals surface area contributed by atoms with Gasteiger partial charge in [0.1, 0.15) is 0 Å². The van der Waals surface area contributed by atoms with Gasteiger partial charge in [-0.15, -0.1) is 0 Å². The minimum absolute atomic E-state index is 0.0166. The van der Waals surface area contributed by atoms with Gasteiger partial charge in [-0.25, -0.2) is 0 Å². The van der Waals surface area contributed by atoms with E-state index in [1.807, 2.05) is 13.0 Å². The maximum atomic E-state index is 11.0. The van der Waals surface area contributed by atoms with E-state index in [2.05, 4.69) is 22.3 Å². The molecule has 16 heavy (non-hydrogen) atoms. The molecular formula is C13H18N2O. The maximum absolute atomic E-state index is 11.0. The summed E-state index contributed by atoms with van der Waals surface area (Å²) in [5, 5.41) is 2.83. The lowest BCUT2D eigenvalue weighted by Gasteiger charge is -2.19. The zero-order valence-electron chi connectivity index (χ0n) is 9.92. The normalized spacial score (nSPS) is 15.2. The Bertz CT molecular complexity index is 395. The van der Waals surface area contributed by atoms with Crippen molar-refractivity contribution in [1.82, 2.24) is 0 Å². The highest BCUT2D eigenvalue weighted by Crippen LogP contribution is 2.25. The SMILES string of the molecule is CC(=O)Nc1ccc(N2CCCC2)cc1C. The Kier molecular flexibility index (Phi) is 3.13. The van der Waals surface area contributed by atoms with Crippen molar-refractivity contribution >= 4 is 17.3 Å². The van der Waals surface area contributed by atoms with E-state index in [0.29, 0.717) is 0 Å². The van der Waals surface area contributed by atoms with Crippen LogP contribution in [0.1, 0.15) is 25.3 Å². The van der Waals surface area contributed by atoms with Gasteiger partial charge in [0.25, 0.3) is 0 Å². The van der Waals surface area contributed by atoms with Crippen LogP contribution in [-0.2, 0) is 4.79 Å². The zero-order valence-corrected chi connectivity index (χ0v) is 9.92. The number of aryl methyl sites for hydroxylation is 1. The van der Waals surface area contributed by atoms with E-state index < -0.39 is 0 Å². The number of anilines is 2. The third-order valence-electron chi connectivity index (χ3n) is 2.99. The molecule has 0 saturated carbocycles. The molecule has 1 N–H and O–H groups in total. The molecule has 1 aromatic carbocycles. The first kappa shape index (κ1) is 11.0. The highest BCUT2D eigenvalue weighted by atomic mass is 16.1. The van der Waals surface area contributed by atoms with E-state index in [-0.39, 0.29) is 5.91 Å². The molecule has 0 aliphatic carbocycles. The van der Waals surface area contributed by atoms with Crippen molar-refractivity contribution < 1.29 is 4.79 Å². The van der Waals surface area contributed by atoms with Crippen molar-refractivity contribution in [1.29, 1.82) is 0 Å². The Balaban J connectivity index is 2.18. The van der Waals surface area contributed by atoms with E-state index in [1.165, 1.54) is 25.5 Å². The summed E-state index contributed by atoms with van der Waals surface area (Å²) in [6, 6.07) is 6.23. The van der Waals surface area contributed by atoms with E-state index in [9.17, 15) is 4.79 Å².